The van der Waals surface area contributed by atoms with Gasteiger partial charge in [0.2, 0.25) is 5.91 Å². The summed E-state index contributed by atoms with van der Waals surface area (Å²) in [6, 6.07) is 22.8. The Morgan fingerprint density at radius 1 is 0.865 bits per heavy atom. The minimum atomic E-state index is -0.183. The monoisotopic (exact) mass is 498 g/mol. The summed E-state index contributed by atoms with van der Waals surface area (Å²) in [5.74, 6) is 0.548. The Bertz CT molecular complexity index is 1180. The number of hydrogen-bond acceptors (Lipinski definition) is 3. The molecular weight excluding hydrogens is 456 g/mol. The molecule has 2 N–H and O–H groups in total. The van der Waals surface area contributed by atoms with Gasteiger partial charge in [0.05, 0.1) is 0 Å². The molecule has 4 rings (SSSR count). The predicted molar refractivity (Wildman–Crippen MR) is 155 cm³/mol. The summed E-state index contributed by atoms with van der Waals surface area (Å²) in [5.41, 5.74) is 5.64. The van der Waals surface area contributed by atoms with Crippen molar-refractivity contribution in [2.75, 3.05) is 10.2 Å². The molecule has 0 atom stereocenters. The Labute approximate surface area is 222 Å². The van der Waals surface area contributed by atoms with E-state index in [1.807, 2.05) is 47.4 Å². The summed E-state index contributed by atoms with van der Waals surface area (Å²) in [5, 5.41) is 14.5. The lowest BCUT2D eigenvalue weighted by Gasteiger charge is -2.38. The average Bonchev–Trinajstić information content (AvgIpc) is 2.80. The van der Waals surface area contributed by atoms with E-state index in [2.05, 4.69) is 71.1 Å². The molecule has 0 bridgehead atoms. The van der Waals surface area contributed by atoms with Gasteiger partial charge in [0, 0.05) is 29.5 Å². The maximum Gasteiger partial charge on any atom is 0.227 e. The van der Waals surface area contributed by atoms with Gasteiger partial charge in [0.25, 0.3) is 0 Å². The molecule has 1 amide bonds. The smallest absolute Gasteiger partial charge is 0.227 e. The van der Waals surface area contributed by atoms with Crippen LogP contribution in [0.3, 0.4) is 0 Å². The number of aryl methyl sites for hydroxylation is 1. The lowest BCUT2D eigenvalue weighted by atomic mass is 9.78. The van der Waals surface area contributed by atoms with Crippen LogP contribution in [0.1, 0.15) is 83.9 Å². The molecule has 0 spiro atoms. The molecule has 196 valence electrons. The van der Waals surface area contributed by atoms with E-state index in [-0.39, 0.29) is 22.8 Å². The highest BCUT2D eigenvalue weighted by atomic mass is 16.3. The Hall–Kier alpha value is -3.27. The number of nitrogens with zero attached hydrogens (tertiary/aromatic N) is 1. The SMILES string of the molecule is CC(C)(C)c1cc(CCC(=O)N(c2ccc(Nc3ccccc3)cc2)C2CCC2)cc(C(C)(C)C)c1O. The van der Waals surface area contributed by atoms with E-state index in [1.54, 1.807) is 0 Å². The number of hydrogen-bond donors (Lipinski definition) is 2. The zero-order valence-corrected chi connectivity index (χ0v) is 23.3. The fourth-order valence-corrected chi connectivity index (χ4v) is 4.95. The van der Waals surface area contributed by atoms with Crippen LogP contribution in [0, 0.1) is 0 Å². The molecule has 37 heavy (non-hydrogen) atoms. The van der Waals surface area contributed by atoms with E-state index < -0.39 is 0 Å². The first kappa shape index (κ1) is 26.8. The topological polar surface area (TPSA) is 52.6 Å². The maximum absolute atomic E-state index is 13.6. The standard InChI is InChI=1S/C33H42N2O2/c1-32(2,3)28-21-23(22-29(31(28)37)33(4,5)6)15-20-30(36)35(26-13-10-14-26)27-18-16-25(17-19-27)34-24-11-8-7-9-12-24/h7-9,11-12,16-19,21-22,26,34,37H,10,13-15,20H2,1-6H3. The summed E-state index contributed by atoms with van der Waals surface area (Å²) in [7, 11) is 0. The van der Waals surface area contributed by atoms with Crippen LogP contribution in [0.15, 0.2) is 66.7 Å². The van der Waals surface area contributed by atoms with Gasteiger partial charge in [-0.25, -0.2) is 0 Å². The molecule has 3 aromatic rings. The first-order valence-electron chi connectivity index (χ1n) is 13.5. The zero-order chi connectivity index (χ0) is 26.8. The van der Waals surface area contributed by atoms with Crippen LogP contribution >= 0.6 is 0 Å². The van der Waals surface area contributed by atoms with Gasteiger partial charge < -0.3 is 15.3 Å². The minimum absolute atomic E-state index is 0.163. The summed E-state index contributed by atoms with van der Waals surface area (Å²) in [6.07, 6.45) is 4.37. The van der Waals surface area contributed by atoms with Crippen LogP contribution in [-0.4, -0.2) is 17.1 Å². The number of benzene rings is 3. The molecule has 0 aromatic heterocycles. The minimum Gasteiger partial charge on any atom is -0.507 e. The van der Waals surface area contributed by atoms with Crippen molar-refractivity contribution in [2.24, 2.45) is 0 Å². The van der Waals surface area contributed by atoms with E-state index in [9.17, 15) is 9.90 Å². The maximum atomic E-state index is 13.6. The second-order valence-electron chi connectivity index (χ2n) is 12.4. The molecule has 4 heteroatoms. The van der Waals surface area contributed by atoms with Crippen LogP contribution < -0.4 is 10.2 Å². The van der Waals surface area contributed by atoms with Gasteiger partial charge in [0.15, 0.2) is 0 Å². The Kier molecular flexibility index (Phi) is 7.68. The number of phenols is 1. The molecule has 3 aromatic carbocycles. The third kappa shape index (κ3) is 6.36. The van der Waals surface area contributed by atoms with Crippen LogP contribution in [0.2, 0.25) is 0 Å². The van der Waals surface area contributed by atoms with Crippen molar-refractivity contribution in [1.82, 2.24) is 0 Å². The molecule has 0 aliphatic heterocycles. The number of aromatic hydroxyl groups is 1. The fourth-order valence-electron chi connectivity index (χ4n) is 4.95. The van der Waals surface area contributed by atoms with Gasteiger partial charge in [-0.05, 0) is 89.6 Å². The number of anilines is 3. The van der Waals surface area contributed by atoms with Gasteiger partial charge in [0.1, 0.15) is 5.75 Å². The van der Waals surface area contributed by atoms with E-state index >= 15 is 0 Å². The van der Waals surface area contributed by atoms with Crippen molar-refractivity contribution in [1.29, 1.82) is 0 Å². The van der Waals surface area contributed by atoms with Crippen molar-refractivity contribution in [3.05, 3.63) is 83.4 Å². The van der Waals surface area contributed by atoms with Crippen LogP contribution in [0.4, 0.5) is 17.1 Å². The molecule has 1 fully saturated rings. The molecule has 1 saturated carbocycles. The van der Waals surface area contributed by atoms with Crippen LogP contribution in [0.5, 0.6) is 5.75 Å². The highest BCUT2D eigenvalue weighted by Gasteiger charge is 2.31. The number of phenolic OH excluding ortho intramolecular Hbond substituents is 1. The van der Waals surface area contributed by atoms with Crippen LogP contribution in [-0.2, 0) is 22.0 Å². The van der Waals surface area contributed by atoms with Gasteiger partial charge >= 0.3 is 0 Å². The molecular formula is C33H42N2O2. The van der Waals surface area contributed by atoms with Crippen molar-refractivity contribution in [3.63, 3.8) is 0 Å². The summed E-state index contributed by atoms with van der Waals surface area (Å²) in [4.78, 5) is 15.6. The third-order valence-corrected chi connectivity index (χ3v) is 7.33. The third-order valence-electron chi connectivity index (χ3n) is 7.33. The van der Waals surface area contributed by atoms with E-state index in [0.29, 0.717) is 18.6 Å². The number of carbonyl (C=O) groups is 1. The second kappa shape index (κ2) is 10.6. The molecule has 0 radical (unpaired) electrons. The highest BCUT2D eigenvalue weighted by Crippen LogP contribution is 2.40. The molecule has 0 unspecified atom stereocenters. The largest absolute Gasteiger partial charge is 0.507 e. The van der Waals surface area contributed by atoms with Gasteiger partial charge in [-0.2, -0.15) is 0 Å². The summed E-state index contributed by atoms with van der Waals surface area (Å²) >= 11 is 0. The highest BCUT2D eigenvalue weighted by molar-refractivity contribution is 5.94. The zero-order valence-electron chi connectivity index (χ0n) is 23.3. The van der Waals surface area contributed by atoms with Gasteiger partial charge in [-0.1, -0.05) is 71.9 Å². The van der Waals surface area contributed by atoms with Crippen molar-refractivity contribution in [2.45, 2.75) is 90.5 Å². The first-order valence-corrected chi connectivity index (χ1v) is 13.5. The number of rotatable bonds is 7. The number of nitrogens with one attached hydrogen (secondary N) is 1. The predicted octanol–water partition coefficient (Wildman–Crippen LogP) is 8.25. The van der Waals surface area contributed by atoms with Gasteiger partial charge in [-0.15, -0.1) is 0 Å². The van der Waals surface area contributed by atoms with Crippen molar-refractivity contribution in [3.8, 4) is 5.75 Å². The molecule has 1 aliphatic carbocycles. The number of carbonyl (C=O) groups excluding carboxylic acids is 1. The Morgan fingerprint density at radius 3 is 1.89 bits per heavy atom. The van der Waals surface area contributed by atoms with E-state index in [1.165, 1.54) is 6.42 Å². The van der Waals surface area contributed by atoms with Gasteiger partial charge in [-0.3, -0.25) is 4.79 Å². The molecule has 0 heterocycles. The molecule has 1 aliphatic rings. The number of para-hydroxylation sites is 1. The Balaban J connectivity index is 1.53. The lowest BCUT2D eigenvalue weighted by molar-refractivity contribution is -0.119. The van der Waals surface area contributed by atoms with Crippen molar-refractivity contribution < 1.29 is 9.90 Å². The quantitative estimate of drug-likeness (QED) is 0.345. The van der Waals surface area contributed by atoms with Crippen LogP contribution in [0.25, 0.3) is 0 Å². The van der Waals surface area contributed by atoms with E-state index in [0.717, 1.165) is 46.6 Å². The first-order chi connectivity index (χ1) is 17.4. The lowest BCUT2D eigenvalue weighted by Crippen LogP contribution is -2.44. The van der Waals surface area contributed by atoms with E-state index in [4.69, 9.17) is 0 Å². The molecule has 4 nitrogen and oxygen atoms in total. The second-order valence-corrected chi connectivity index (χ2v) is 12.4. The Morgan fingerprint density at radius 2 is 1.41 bits per heavy atom. The normalized spacial score (nSPS) is 14.2. The summed E-state index contributed by atoms with van der Waals surface area (Å²) < 4.78 is 0. The molecule has 0 saturated heterocycles. The summed E-state index contributed by atoms with van der Waals surface area (Å²) in [6.45, 7) is 12.7. The number of amides is 1. The average molecular weight is 499 g/mol. The van der Waals surface area contributed by atoms with Crippen molar-refractivity contribution >= 4 is 23.0 Å². The fraction of sp³-hybridized carbons (Fsp3) is 0.424.